The number of hydrogen-bond acceptors (Lipinski definition) is 4. The molecule has 0 aliphatic carbocycles. The Labute approximate surface area is 157 Å². The molecule has 2 aromatic rings. The summed E-state index contributed by atoms with van der Waals surface area (Å²) >= 11 is 0. The van der Waals surface area contributed by atoms with Gasteiger partial charge in [0.05, 0.1) is 17.6 Å². The van der Waals surface area contributed by atoms with Crippen molar-refractivity contribution in [1.29, 1.82) is 0 Å². The van der Waals surface area contributed by atoms with E-state index < -0.39 is 10.0 Å². The highest BCUT2D eigenvalue weighted by Gasteiger charge is 2.14. The molecule has 1 aromatic heterocycles. The van der Waals surface area contributed by atoms with Crippen molar-refractivity contribution in [2.75, 3.05) is 24.1 Å². The van der Waals surface area contributed by atoms with E-state index in [-0.39, 0.29) is 11.7 Å². The molecule has 0 saturated carbocycles. The minimum Gasteiger partial charge on any atom is -0.302 e. The van der Waals surface area contributed by atoms with E-state index in [1.165, 1.54) is 12.8 Å². The van der Waals surface area contributed by atoms with Gasteiger partial charge in [0, 0.05) is 23.4 Å². The third-order valence-electron chi connectivity index (χ3n) is 4.05. The maximum Gasteiger partial charge on any atom is 0.232 e. The van der Waals surface area contributed by atoms with Crippen LogP contribution in [0.2, 0.25) is 0 Å². The largest absolute Gasteiger partial charge is 0.302 e. The second-order valence-corrected chi connectivity index (χ2v) is 8.98. The number of sulfonamides is 1. The molecule has 0 aliphatic rings. The molecule has 0 unspecified atom stereocenters. The molecule has 7 heteroatoms. The lowest BCUT2D eigenvalue weighted by Crippen LogP contribution is -2.20. The number of anilines is 1. The summed E-state index contributed by atoms with van der Waals surface area (Å²) in [5.74, 6) is 0.202. The highest BCUT2D eigenvalue weighted by molar-refractivity contribution is 7.92. The lowest BCUT2D eigenvalue weighted by atomic mass is 10.1. The molecule has 1 aromatic carbocycles. The van der Waals surface area contributed by atoms with Crippen LogP contribution < -0.4 is 4.72 Å². The van der Waals surface area contributed by atoms with Gasteiger partial charge in [0.25, 0.3) is 0 Å². The number of hydrogen-bond donors (Lipinski definition) is 2. The van der Waals surface area contributed by atoms with Crippen LogP contribution in [0.5, 0.6) is 0 Å². The number of nitrogens with one attached hydrogen (secondary N) is 2. The Bertz CT molecular complexity index is 782. The Morgan fingerprint density at radius 1 is 1.23 bits per heavy atom. The molecule has 0 bridgehead atoms. The van der Waals surface area contributed by atoms with E-state index in [1.807, 2.05) is 32.2 Å². The third-order valence-corrected chi connectivity index (χ3v) is 5.70. The highest BCUT2D eigenvalue weighted by atomic mass is 32.2. The first kappa shape index (κ1) is 20.5. The minimum atomic E-state index is -3.31. The average molecular weight is 379 g/mol. The van der Waals surface area contributed by atoms with E-state index in [2.05, 4.69) is 33.8 Å². The molecular formula is C19H30N4O2S. The Morgan fingerprint density at radius 2 is 1.92 bits per heavy atom. The molecule has 2 N–H and O–H groups in total. The van der Waals surface area contributed by atoms with E-state index in [1.54, 1.807) is 12.1 Å². The van der Waals surface area contributed by atoms with Crippen LogP contribution in [-0.4, -0.2) is 42.9 Å². The van der Waals surface area contributed by atoms with Gasteiger partial charge < -0.3 is 4.90 Å². The number of unbranched alkanes of at least 4 members (excludes halogenated alkanes) is 1. The lowest BCUT2D eigenvalue weighted by molar-refractivity contribution is 0.321. The third kappa shape index (κ3) is 6.14. The molecular weight excluding hydrogens is 348 g/mol. The van der Waals surface area contributed by atoms with Gasteiger partial charge in [0.15, 0.2) is 0 Å². The van der Waals surface area contributed by atoms with Gasteiger partial charge >= 0.3 is 0 Å². The maximum atomic E-state index is 12.1. The van der Waals surface area contributed by atoms with E-state index in [0.29, 0.717) is 5.69 Å². The molecule has 0 aliphatic heterocycles. The molecule has 0 fully saturated rings. The fourth-order valence-corrected chi connectivity index (χ4v) is 4.30. The number of H-pyrrole nitrogens is 1. The van der Waals surface area contributed by atoms with E-state index in [4.69, 9.17) is 0 Å². The summed E-state index contributed by atoms with van der Waals surface area (Å²) in [6.45, 7) is 7.85. The molecule has 0 spiro atoms. The lowest BCUT2D eigenvalue weighted by Gasteiger charge is -2.16. The molecule has 6 nitrogen and oxygen atoms in total. The minimum absolute atomic E-state index is 0.0871. The normalized spacial score (nSPS) is 12.1. The second-order valence-electron chi connectivity index (χ2n) is 7.22. The first-order valence-corrected chi connectivity index (χ1v) is 10.8. The summed E-state index contributed by atoms with van der Waals surface area (Å²) in [7, 11) is -1.20. The van der Waals surface area contributed by atoms with Crippen molar-refractivity contribution in [1.82, 2.24) is 15.1 Å². The Balaban J connectivity index is 2.08. The number of aromatic nitrogens is 2. The first-order chi connectivity index (χ1) is 12.3. The Kier molecular flexibility index (Phi) is 7.23. The van der Waals surface area contributed by atoms with Crippen LogP contribution >= 0.6 is 0 Å². The summed E-state index contributed by atoms with van der Waals surface area (Å²) < 4.78 is 26.7. The quantitative estimate of drug-likeness (QED) is 0.661. The predicted octanol–water partition coefficient (Wildman–Crippen LogP) is 3.71. The van der Waals surface area contributed by atoms with Crippen LogP contribution in [0.25, 0.3) is 11.3 Å². The van der Waals surface area contributed by atoms with Crippen molar-refractivity contribution in [2.45, 2.75) is 40.2 Å². The van der Waals surface area contributed by atoms with Crippen LogP contribution in [0.3, 0.4) is 0 Å². The van der Waals surface area contributed by atoms with Gasteiger partial charge in [-0.3, -0.25) is 9.82 Å². The Hall–Kier alpha value is -1.86. The van der Waals surface area contributed by atoms with Crippen LogP contribution in [-0.2, 0) is 16.6 Å². The van der Waals surface area contributed by atoms with Crippen LogP contribution in [0.15, 0.2) is 30.5 Å². The van der Waals surface area contributed by atoms with E-state index >= 15 is 0 Å². The topological polar surface area (TPSA) is 78.1 Å². The maximum absolute atomic E-state index is 12.1. The van der Waals surface area contributed by atoms with Gasteiger partial charge in [-0.25, -0.2) is 8.42 Å². The van der Waals surface area contributed by atoms with Crippen molar-refractivity contribution in [3.05, 3.63) is 36.0 Å². The smallest absolute Gasteiger partial charge is 0.232 e. The van der Waals surface area contributed by atoms with Gasteiger partial charge in [-0.05, 0) is 38.1 Å². The van der Waals surface area contributed by atoms with Crippen LogP contribution in [0, 0.1) is 5.92 Å². The fourth-order valence-electron chi connectivity index (χ4n) is 2.84. The molecule has 1 heterocycles. The van der Waals surface area contributed by atoms with Crippen molar-refractivity contribution in [2.24, 2.45) is 5.92 Å². The standard InChI is InChI=1S/C19H30N4O2S/c1-5-6-11-23(4)13-17-12-20-21-19(17)16-7-9-18(10-8-16)22-26(24,25)14-15(2)3/h7-10,12,15,22H,5-6,11,13-14H2,1-4H3,(H,20,21). The summed E-state index contributed by atoms with van der Waals surface area (Å²) in [5, 5.41) is 7.25. The van der Waals surface area contributed by atoms with Crippen molar-refractivity contribution in [3.63, 3.8) is 0 Å². The van der Waals surface area contributed by atoms with Crippen LogP contribution in [0.1, 0.15) is 39.2 Å². The SMILES string of the molecule is CCCCN(C)Cc1cn[nH]c1-c1ccc(NS(=O)(=O)CC(C)C)cc1. The van der Waals surface area contributed by atoms with E-state index in [0.717, 1.165) is 29.9 Å². The van der Waals surface area contributed by atoms with E-state index in [9.17, 15) is 8.42 Å². The number of aromatic amines is 1. The van der Waals surface area contributed by atoms with Gasteiger partial charge in [-0.1, -0.05) is 39.3 Å². The van der Waals surface area contributed by atoms with Crippen molar-refractivity contribution in [3.8, 4) is 11.3 Å². The highest BCUT2D eigenvalue weighted by Crippen LogP contribution is 2.24. The zero-order valence-corrected chi connectivity index (χ0v) is 16.9. The summed E-state index contributed by atoms with van der Waals surface area (Å²) in [5.41, 5.74) is 3.69. The zero-order chi connectivity index (χ0) is 19.2. The van der Waals surface area contributed by atoms with Crippen molar-refractivity contribution >= 4 is 15.7 Å². The molecule has 2 rings (SSSR count). The summed E-state index contributed by atoms with van der Waals surface area (Å²) in [6, 6.07) is 7.41. The fraction of sp³-hybridized carbons (Fsp3) is 0.526. The predicted molar refractivity (Wildman–Crippen MR) is 108 cm³/mol. The number of nitrogens with zero attached hydrogens (tertiary/aromatic N) is 2. The second kappa shape index (κ2) is 9.19. The molecule has 144 valence electrons. The monoisotopic (exact) mass is 378 g/mol. The molecule has 0 saturated heterocycles. The summed E-state index contributed by atoms with van der Waals surface area (Å²) in [6.07, 6.45) is 4.21. The average Bonchev–Trinajstić information content (AvgIpc) is 3.00. The van der Waals surface area contributed by atoms with Gasteiger partial charge in [0.2, 0.25) is 10.0 Å². The zero-order valence-electron chi connectivity index (χ0n) is 16.1. The summed E-state index contributed by atoms with van der Waals surface area (Å²) in [4.78, 5) is 2.28. The van der Waals surface area contributed by atoms with Gasteiger partial charge in [0.1, 0.15) is 0 Å². The molecule has 0 amide bonds. The molecule has 0 radical (unpaired) electrons. The van der Waals surface area contributed by atoms with Crippen LogP contribution in [0.4, 0.5) is 5.69 Å². The van der Waals surface area contributed by atoms with Gasteiger partial charge in [-0.15, -0.1) is 0 Å². The molecule has 0 atom stereocenters. The van der Waals surface area contributed by atoms with Crippen molar-refractivity contribution < 1.29 is 8.42 Å². The number of benzene rings is 1. The number of rotatable bonds is 10. The van der Waals surface area contributed by atoms with Gasteiger partial charge in [-0.2, -0.15) is 5.10 Å². The first-order valence-electron chi connectivity index (χ1n) is 9.12. The Morgan fingerprint density at radius 3 is 2.54 bits per heavy atom. The molecule has 26 heavy (non-hydrogen) atoms.